The zero-order valence-corrected chi connectivity index (χ0v) is 10.4. The Hall–Kier alpha value is -1.29. The average molecular weight is 236 g/mol. The third-order valence-electron chi connectivity index (χ3n) is 2.93. The molecule has 1 aromatic carbocycles. The predicted octanol–water partition coefficient (Wildman–Crippen LogP) is 2.29. The summed E-state index contributed by atoms with van der Waals surface area (Å²) in [4.78, 5) is 0.411. The molecule has 4 heteroatoms. The van der Waals surface area contributed by atoms with Crippen LogP contribution in [-0.2, 0) is 0 Å². The van der Waals surface area contributed by atoms with Crippen LogP contribution in [0.1, 0.15) is 25.3 Å². The average Bonchev–Trinajstić information content (AvgIpc) is 2.95. The molecule has 0 aliphatic heterocycles. The van der Waals surface area contributed by atoms with Gasteiger partial charge in [-0.2, -0.15) is 0 Å². The van der Waals surface area contributed by atoms with Crippen LogP contribution in [-0.4, -0.2) is 17.6 Å². The lowest BCUT2D eigenvalue weighted by molar-refractivity contribution is 0.415. The normalized spacial score (nSPS) is 16.6. The first-order valence-corrected chi connectivity index (χ1v) is 5.71. The van der Waals surface area contributed by atoms with E-state index in [1.165, 1.54) is 12.8 Å². The van der Waals surface area contributed by atoms with Crippen molar-refractivity contribution >= 4 is 22.9 Å². The molecule has 0 radical (unpaired) electrons. The summed E-state index contributed by atoms with van der Waals surface area (Å²) in [5, 5.41) is 3.47. The van der Waals surface area contributed by atoms with Crippen LogP contribution in [0.5, 0.6) is 5.75 Å². The molecule has 0 unspecified atom stereocenters. The molecule has 2 rings (SSSR count). The second kappa shape index (κ2) is 3.94. The summed E-state index contributed by atoms with van der Waals surface area (Å²) in [5.74, 6) is 0.812. The van der Waals surface area contributed by atoms with Crippen molar-refractivity contribution in [3.63, 3.8) is 0 Å². The first-order valence-electron chi connectivity index (χ1n) is 5.30. The van der Waals surface area contributed by atoms with E-state index in [-0.39, 0.29) is 5.54 Å². The topological polar surface area (TPSA) is 47.3 Å². The maximum Gasteiger partial charge on any atom is 0.120 e. The van der Waals surface area contributed by atoms with Crippen molar-refractivity contribution in [2.24, 2.45) is 5.73 Å². The fourth-order valence-electron chi connectivity index (χ4n) is 1.61. The number of methoxy groups -OCH3 is 1. The van der Waals surface area contributed by atoms with Gasteiger partial charge < -0.3 is 15.8 Å². The molecule has 1 fully saturated rings. The molecule has 86 valence electrons. The summed E-state index contributed by atoms with van der Waals surface area (Å²) in [7, 11) is 1.65. The highest BCUT2D eigenvalue weighted by Gasteiger charge is 2.37. The second-order valence-corrected chi connectivity index (χ2v) is 4.90. The Morgan fingerprint density at radius 3 is 2.69 bits per heavy atom. The molecule has 1 saturated carbocycles. The van der Waals surface area contributed by atoms with Gasteiger partial charge in [-0.3, -0.25) is 0 Å². The van der Waals surface area contributed by atoms with Gasteiger partial charge in [-0.25, -0.2) is 0 Å². The van der Waals surface area contributed by atoms with Crippen LogP contribution in [0, 0.1) is 0 Å². The van der Waals surface area contributed by atoms with Crippen LogP contribution in [0.15, 0.2) is 18.2 Å². The van der Waals surface area contributed by atoms with Crippen LogP contribution < -0.4 is 15.8 Å². The Morgan fingerprint density at radius 1 is 1.50 bits per heavy atom. The number of nitrogens with one attached hydrogen (secondary N) is 1. The number of anilines is 1. The molecule has 3 nitrogen and oxygen atoms in total. The van der Waals surface area contributed by atoms with E-state index in [0.29, 0.717) is 4.99 Å². The summed E-state index contributed by atoms with van der Waals surface area (Å²) >= 11 is 5.04. The minimum atomic E-state index is 0.200. The number of hydrogen-bond acceptors (Lipinski definition) is 3. The fourth-order valence-corrected chi connectivity index (χ4v) is 1.78. The van der Waals surface area contributed by atoms with Crippen molar-refractivity contribution < 1.29 is 4.74 Å². The summed E-state index contributed by atoms with van der Waals surface area (Å²) < 4.78 is 5.20. The van der Waals surface area contributed by atoms with Gasteiger partial charge in [-0.1, -0.05) is 12.2 Å². The van der Waals surface area contributed by atoms with Crippen LogP contribution in [0.3, 0.4) is 0 Å². The van der Waals surface area contributed by atoms with Crippen LogP contribution in [0.4, 0.5) is 5.69 Å². The van der Waals surface area contributed by atoms with E-state index in [2.05, 4.69) is 12.2 Å². The Morgan fingerprint density at radius 2 is 2.19 bits per heavy atom. The van der Waals surface area contributed by atoms with E-state index in [1.807, 2.05) is 18.2 Å². The van der Waals surface area contributed by atoms with Crippen LogP contribution >= 0.6 is 12.2 Å². The minimum absolute atomic E-state index is 0.200. The standard InChI is InChI=1S/C12H16N2OS/c1-12(5-6-12)14-10-7-8(15-2)3-4-9(10)11(13)16/h3-4,7,14H,5-6H2,1-2H3,(H2,13,16). The Balaban J connectivity index is 2.33. The quantitative estimate of drug-likeness (QED) is 0.787. The van der Waals surface area contributed by atoms with Gasteiger partial charge >= 0.3 is 0 Å². The zero-order valence-electron chi connectivity index (χ0n) is 9.54. The number of thiocarbonyl (C=S) groups is 1. The van der Waals surface area contributed by atoms with E-state index in [0.717, 1.165) is 17.0 Å². The molecule has 0 heterocycles. The molecule has 1 aliphatic rings. The molecule has 0 amide bonds. The monoisotopic (exact) mass is 236 g/mol. The number of nitrogens with two attached hydrogens (primary N) is 1. The molecule has 16 heavy (non-hydrogen) atoms. The largest absolute Gasteiger partial charge is 0.497 e. The molecule has 0 saturated heterocycles. The first kappa shape index (κ1) is 11.2. The molecule has 0 aromatic heterocycles. The van der Waals surface area contributed by atoms with Crippen LogP contribution in [0.25, 0.3) is 0 Å². The Bertz CT molecular complexity index is 427. The number of rotatable bonds is 4. The van der Waals surface area contributed by atoms with Gasteiger partial charge in [0.25, 0.3) is 0 Å². The van der Waals surface area contributed by atoms with Crippen molar-refractivity contribution in [2.45, 2.75) is 25.3 Å². The lowest BCUT2D eigenvalue weighted by Gasteiger charge is -2.17. The fraction of sp³-hybridized carbons (Fsp3) is 0.417. The van der Waals surface area contributed by atoms with E-state index in [9.17, 15) is 0 Å². The van der Waals surface area contributed by atoms with E-state index < -0.39 is 0 Å². The molecule has 0 atom stereocenters. The third kappa shape index (κ3) is 2.27. The number of ether oxygens (including phenoxy) is 1. The maximum absolute atomic E-state index is 5.70. The Labute approximate surface area is 101 Å². The van der Waals surface area contributed by atoms with Gasteiger partial charge in [-0.05, 0) is 31.9 Å². The van der Waals surface area contributed by atoms with E-state index in [4.69, 9.17) is 22.7 Å². The first-order chi connectivity index (χ1) is 7.54. The van der Waals surface area contributed by atoms with Crippen molar-refractivity contribution in [3.05, 3.63) is 23.8 Å². The summed E-state index contributed by atoms with van der Waals surface area (Å²) in [6, 6.07) is 5.71. The van der Waals surface area contributed by atoms with E-state index >= 15 is 0 Å². The number of benzene rings is 1. The van der Waals surface area contributed by atoms with Crippen LogP contribution in [0.2, 0.25) is 0 Å². The van der Waals surface area contributed by atoms with Crippen molar-refractivity contribution in [1.82, 2.24) is 0 Å². The highest BCUT2D eigenvalue weighted by Crippen LogP contribution is 2.39. The van der Waals surface area contributed by atoms with Gasteiger partial charge in [0, 0.05) is 22.9 Å². The van der Waals surface area contributed by atoms with E-state index in [1.54, 1.807) is 7.11 Å². The number of hydrogen-bond donors (Lipinski definition) is 2. The van der Waals surface area contributed by atoms with Gasteiger partial charge in [0.15, 0.2) is 0 Å². The highest BCUT2D eigenvalue weighted by molar-refractivity contribution is 7.80. The minimum Gasteiger partial charge on any atom is -0.497 e. The van der Waals surface area contributed by atoms with Gasteiger partial charge in [0.2, 0.25) is 0 Å². The highest BCUT2D eigenvalue weighted by atomic mass is 32.1. The van der Waals surface area contributed by atoms with Gasteiger partial charge in [-0.15, -0.1) is 0 Å². The lowest BCUT2D eigenvalue weighted by Crippen LogP contribution is -2.20. The Kier molecular flexibility index (Phi) is 2.76. The maximum atomic E-state index is 5.70. The molecule has 1 aliphatic carbocycles. The van der Waals surface area contributed by atoms with Crippen molar-refractivity contribution in [1.29, 1.82) is 0 Å². The zero-order chi connectivity index (χ0) is 11.8. The summed E-state index contributed by atoms with van der Waals surface area (Å²) in [6.07, 6.45) is 2.36. The second-order valence-electron chi connectivity index (χ2n) is 4.46. The molecule has 0 spiro atoms. The smallest absolute Gasteiger partial charge is 0.120 e. The lowest BCUT2D eigenvalue weighted by atomic mass is 10.1. The summed E-state index contributed by atoms with van der Waals surface area (Å²) in [6.45, 7) is 2.19. The molecular formula is C12H16N2OS. The van der Waals surface area contributed by atoms with Crippen molar-refractivity contribution in [2.75, 3.05) is 12.4 Å². The van der Waals surface area contributed by atoms with Gasteiger partial charge in [0.1, 0.15) is 10.7 Å². The molecule has 1 aromatic rings. The molecular weight excluding hydrogens is 220 g/mol. The SMILES string of the molecule is COc1ccc(C(N)=S)c(NC2(C)CC2)c1. The van der Waals surface area contributed by atoms with Gasteiger partial charge in [0.05, 0.1) is 7.11 Å². The molecule has 3 N–H and O–H groups in total. The summed E-state index contributed by atoms with van der Waals surface area (Å²) in [5.41, 5.74) is 7.74. The van der Waals surface area contributed by atoms with Crippen molar-refractivity contribution in [3.8, 4) is 5.75 Å². The predicted molar refractivity (Wildman–Crippen MR) is 70.1 cm³/mol. The molecule has 0 bridgehead atoms. The third-order valence-corrected chi connectivity index (χ3v) is 3.15.